The van der Waals surface area contributed by atoms with Crippen molar-refractivity contribution in [1.29, 1.82) is 0 Å². The van der Waals surface area contributed by atoms with Gasteiger partial charge in [-0.15, -0.1) is 0 Å². The van der Waals surface area contributed by atoms with Gasteiger partial charge >= 0.3 is 0 Å². The van der Waals surface area contributed by atoms with E-state index in [1.807, 2.05) is 12.1 Å². The number of aliphatic imine (C=N–C) groups is 1. The fourth-order valence-corrected chi connectivity index (χ4v) is 2.30. The van der Waals surface area contributed by atoms with Gasteiger partial charge in [0.2, 0.25) is 0 Å². The molecule has 0 saturated carbocycles. The quantitative estimate of drug-likeness (QED) is 0.863. The average molecular weight is 314 g/mol. The second-order valence-corrected chi connectivity index (χ2v) is 5.01. The van der Waals surface area contributed by atoms with E-state index in [1.165, 1.54) is 31.4 Å². The van der Waals surface area contributed by atoms with Crippen molar-refractivity contribution >= 4 is 17.8 Å². The predicted octanol–water partition coefficient (Wildman–Crippen LogP) is 2.93. The van der Waals surface area contributed by atoms with Crippen molar-refractivity contribution < 1.29 is 18.3 Å². The van der Waals surface area contributed by atoms with Crippen LogP contribution in [-0.4, -0.2) is 18.9 Å². The first kappa shape index (κ1) is 15.0. The van der Waals surface area contributed by atoms with E-state index in [1.54, 1.807) is 6.26 Å². The van der Waals surface area contributed by atoms with Crippen LogP contribution in [0.25, 0.3) is 6.08 Å². The first-order chi connectivity index (χ1) is 11.2. The molecule has 2 heterocycles. The number of amides is 1. The van der Waals surface area contributed by atoms with E-state index in [-0.39, 0.29) is 11.6 Å². The molecule has 2 aromatic rings. The van der Waals surface area contributed by atoms with Crippen LogP contribution in [0, 0.1) is 5.82 Å². The monoisotopic (exact) mass is 314 g/mol. The highest BCUT2D eigenvalue weighted by atomic mass is 19.1. The lowest BCUT2D eigenvalue weighted by Gasteiger charge is -2.04. The van der Waals surface area contributed by atoms with Crippen LogP contribution in [0.3, 0.4) is 0 Å². The number of benzene rings is 1. The second kappa shape index (κ2) is 6.48. The number of nitrogens with one attached hydrogen (secondary N) is 1. The summed E-state index contributed by atoms with van der Waals surface area (Å²) in [5.41, 5.74) is 0.692. The van der Waals surface area contributed by atoms with E-state index in [0.29, 0.717) is 30.0 Å². The van der Waals surface area contributed by atoms with Crippen LogP contribution < -0.4 is 10.1 Å². The zero-order valence-electron chi connectivity index (χ0n) is 12.5. The van der Waals surface area contributed by atoms with Gasteiger partial charge in [0.05, 0.1) is 13.4 Å². The summed E-state index contributed by atoms with van der Waals surface area (Å²) in [6.07, 6.45) is 4.31. The minimum Gasteiger partial charge on any atom is -0.496 e. The van der Waals surface area contributed by atoms with Crippen molar-refractivity contribution in [3.05, 3.63) is 59.4 Å². The van der Waals surface area contributed by atoms with Gasteiger partial charge in [-0.05, 0) is 36.4 Å². The molecule has 1 aromatic carbocycles. The van der Waals surface area contributed by atoms with Crippen LogP contribution in [0.5, 0.6) is 5.75 Å². The van der Waals surface area contributed by atoms with E-state index in [0.717, 1.165) is 5.76 Å². The summed E-state index contributed by atoms with van der Waals surface area (Å²) in [4.78, 5) is 16.2. The van der Waals surface area contributed by atoms with E-state index in [4.69, 9.17) is 9.15 Å². The lowest BCUT2D eigenvalue weighted by molar-refractivity contribution is -0.115. The van der Waals surface area contributed by atoms with Gasteiger partial charge < -0.3 is 14.5 Å². The molecule has 0 radical (unpaired) electrons. The molecule has 0 fully saturated rings. The standard InChI is InChI=1S/C17H15FN2O3/c1-22-15-6-4-12(18)9-11(15)10-14-17(21)20-16(19-14)7-5-13-3-2-8-23-13/h2-4,6,8-10H,5,7H2,1H3,(H,19,20,21)/b14-10+. The topological polar surface area (TPSA) is 63.8 Å². The van der Waals surface area contributed by atoms with Crippen molar-refractivity contribution in [2.24, 2.45) is 4.99 Å². The number of ether oxygens (including phenoxy) is 1. The number of halogens is 1. The maximum atomic E-state index is 13.4. The molecule has 1 aliphatic heterocycles. The molecule has 1 aromatic heterocycles. The summed E-state index contributed by atoms with van der Waals surface area (Å²) in [5.74, 6) is 1.15. The Labute approximate surface area is 132 Å². The van der Waals surface area contributed by atoms with Crippen molar-refractivity contribution in [1.82, 2.24) is 5.32 Å². The van der Waals surface area contributed by atoms with Crippen molar-refractivity contribution in [3.63, 3.8) is 0 Å². The Bertz CT molecular complexity index is 779. The molecule has 0 spiro atoms. The van der Waals surface area contributed by atoms with E-state index in [9.17, 15) is 9.18 Å². The third-order valence-electron chi connectivity index (χ3n) is 3.42. The third kappa shape index (κ3) is 3.48. The van der Waals surface area contributed by atoms with E-state index < -0.39 is 5.82 Å². The number of rotatable bonds is 5. The highest BCUT2D eigenvalue weighted by Crippen LogP contribution is 2.23. The number of methoxy groups -OCH3 is 1. The number of nitrogens with zero attached hydrogens (tertiary/aromatic N) is 1. The Morgan fingerprint density at radius 1 is 1.35 bits per heavy atom. The van der Waals surface area contributed by atoms with Crippen LogP contribution >= 0.6 is 0 Å². The highest BCUT2D eigenvalue weighted by molar-refractivity contribution is 6.14. The van der Waals surface area contributed by atoms with Gasteiger partial charge in [0.15, 0.2) is 0 Å². The lowest BCUT2D eigenvalue weighted by Crippen LogP contribution is -2.24. The molecule has 0 atom stereocenters. The number of hydrogen-bond acceptors (Lipinski definition) is 4. The summed E-state index contributed by atoms with van der Waals surface area (Å²) in [5, 5.41) is 2.71. The van der Waals surface area contributed by atoms with Crippen LogP contribution in [0.4, 0.5) is 4.39 Å². The molecule has 0 aliphatic carbocycles. The van der Waals surface area contributed by atoms with Gasteiger partial charge in [0, 0.05) is 18.4 Å². The minimum absolute atomic E-state index is 0.225. The number of hydrogen-bond donors (Lipinski definition) is 1. The summed E-state index contributed by atoms with van der Waals surface area (Å²) < 4.78 is 23.8. The molecule has 1 amide bonds. The van der Waals surface area contributed by atoms with Gasteiger partial charge in [0.1, 0.15) is 28.9 Å². The normalized spacial score (nSPS) is 15.7. The third-order valence-corrected chi connectivity index (χ3v) is 3.42. The van der Waals surface area contributed by atoms with Crippen molar-refractivity contribution in [2.45, 2.75) is 12.8 Å². The smallest absolute Gasteiger partial charge is 0.275 e. The largest absolute Gasteiger partial charge is 0.496 e. The fraction of sp³-hybridized carbons (Fsp3) is 0.176. The summed E-state index contributed by atoms with van der Waals surface area (Å²) in [6.45, 7) is 0. The number of amidine groups is 1. The lowest BCUT2D eigenvalue weighted by atomic mass is 10.1. The molecule has 23 heavy (non-hydrogen) atoms. The summed E-state index contributed by atoms with van der Waals surface area (Å²) in [6, 6.07) is 7.79. The number of furan rings is 1. The number of carbonyl (C=O) groups is 1. The molecule has 3 rings (SSSR count). The zero-order chi connectivity index (χ0) is 16.2. The fourth-order valence-electron chi connectivity index (χ4n) is 2.30. The molecule has 0 unspecified atom stereocenters. The molecule has 1 N–H and O–H groups in total. The van der Waals surface area contributed by atoms with E-state index >= 15 is 0 Å². The predicted molar refractivity (Wildman–Crippen MR) is 83.5 cm³/mol. The highest BCUT2D eigenvalue weighted by Gasteiger charge is 2.20. The van der Waals surface area contributed by atoms with Crippen LogP contribution in [0.1, 0.15) is 17.7 Å². The first-order valence-electron chi connectivity index (χ1n) is 7.12. The van der Waals surface area contributed by atoms with Gasteiger partial charge in [-0.2, -0.15) is 0 Å². The summed E-state index contributed by atoms with van der Waals surface area (Å²) in [7, 11) is 1.49. The minimum atomic E-state index is -0.405. The Kier molecular flexibility index (Phi) is 4.23. The molecular formula is C17H15FN2O3. The van der Waals surface area contributed by atoms with Gasteiger partial charge in [-0.3, -0.25) is 4.79 Å². The van der Waals surface area contributed by atoms with Gasteiger partial charge in [-0.25, -0.2) is 9.38 Å². The Morgan fingerprint density at radius 2 is 2.22 bits per heavy atom. The van der Waals surface area contributed by atoms with Gasteiger partial charge in [-0.1, -0.05) is 0 Å². The van der Waals surface area contributed by atoms with Crippen LogP contribution in [-0.2, 0) is 11.2 Å². The molecule has 6 heteroatoms. The Balaban J connectivity index is 1.79. The molecule has 0 saturated heterocycles. The molecule has 5 nitrogen and oxygen atoms in total. The molecule has 118 valence electrons. The maximum Gasteiger partial charge on any atom is 0.275 e. The number of carbonyl (C=O) groups excluding carboxylic acids is 1. The first-order valence-corrected chi connectivity index (χ1v) is 7.12. The molecule has 0 bridgehead atoms. The van der Waals surface area contributed by atoms with Crippen LogP contribution in [0.2, 0.25) is 0 Å². The Hall–Kier alpha value is -2.89. The van der Waals surface area contributed by atoms with Crippen molar-refractivity contribution in [2.75, 3.05) is 7.11 Å². The Morgan fingerprint density at radius 3 is 2.96 bits per heavy atom. The number of aryl methyl sites for hydroxylation is 1. The molecular weight excluding hydrogens is 299 g/mol. The van der Waals surface area contributed by atoms with E-state index in [2.05, 4.69) is 10.3 Å². The maximum absolute atomic E-state index is 13.4. The van der Waals surface area contributed by atoms with Gasteiger partial charge in [0.25, 0.3) is 5.91 Å². The second-order valence-electron chi connectivity index (χ2n) is 5.01. The molecule has 1 aliphatic rings. The average Bonchev–Trinajstić information content (AvgIpc) is 3.16. The zero-order valence-corrected chi connectivity index (χ0v) is 12.5. The summed E-state index contributed by atoms with van der Waals surface area (Å²) >= 11 is 0. The SMILES string of the molecule is COc1ccc(F)cc1/C=C1/N=C(CCc2ccco2)NC1=O. The van der Waals surface area contributed by atoms with Crippen LogP contribution in [0.15, 0.2) is 51.7 Å². The van der Waals surface area contributed by atoms with Crippen molar-refractivity contribution in [3.8, 4) is 5.75 Å².